The molecule has 10 rings (SSSR count). The van der Waals surface area contributed by atoms with E-state index in [-0.39, 0.29) is 66.4 Å². The maximum absolute atomic E-state index is 13.7. The molecule has 4 aliphatic rings. The van der Waals surface area contributed by atoms with Gasteiger partial charge in [0.2, 0.25) is 5.91 Å². The summed E-state index contributed by atoms with van der Waals surface area (Å²) in [6, 6.07) is 24.8. The average molecular weight is 1030 g/mol. The topological polar surface area (TPSA) is 180 Å². The van der Waals surface area contributed by atoms with Crippen molar-refractivity contribution >= 4 is 72.9 Å². The lowest BCUT2D eigenvalue weighted by Crippen LogP contribution is -2.48. The van der Waals surface area contributed by atoms with Crippen LogP contribution < -0.4 is 42.5 Å². The van der Waals surface area contributed by atoms with Crippen molar-refractivity contribution in [3.63, 3.8) is 0 Å². The number of nitrogen functional groups attached to an aromatic ring is 1. The van der Waals surface area contributed by atoms with Gasteiger partial charge in [0.15, 0.2) is 0 Å². The highest BCUT2D eigenvalue weighted by Gasteiger charge is 2.46. The van der Waals surface area contributed by atoms with Gasteiger partial charge in [0, 0.05) is 83.3 Å². The number of pyridine rings is 1. The van der Waals surface area contributed by atoms with Crippen molar-refractivity contribution < 1.29 is 32.3 Å². The van der Waals surface area contributed by atoms with Crippen molar-refractivity contribution in [3.05, 3.63) is 112 Å². The summed E-state index contributed by atoms with van der Waals surface area (Å²) in [6.07, 6.45) is 1.99. The van der Waals surface area contributed by atoms with Crippen molar-refractivity contribution in [1.82, 2.24) is 30.8 Å². The first-order valence-electron chi connectivity index (χ1n) is 25.8. The summed E-state index contributed by atoms with van der Waals surface area (Å²) in [6.45, 7) is 5.74. The highest BCUT2D eigenvalue weighted by atomic mass is 32.1. The molecule has 8 N–H and O–H groups in total. The van der Waals surface area contributed by atoms with Crippen molar-refractivity contribution in [1.29, 1.82) is 0 Å². The van der Waals surface area contributed by atoms with Gasteiger partial charge in [-0.15, -0.1) is 11.3 Å². The second-order valence-corrected chi connectivity index (χ2v) is 21.1. The number of aromatic nitrogens is 2. The summed E-state index contributed by atoms with van der Waals surface area (Å²) in [5.74, 6) is 6.14. The molecule has 3 aromatic heterocycles. The second-order valence-electron chi connectivity index (χ2n) is 20.1. The number of rotatable bonds is 16. The Bertz CT molecular complexity index is 3070. The lowest BCUT2D eigenvalue weighted by atomic mass is 9.83. The number of fused-ring (bicyclic) bond motifs is 5. The van der Waals surface area contributed by atoms with Gasteiger partial charge in [0.1, 0.15) is 16.3 Å². The van der Waals surface area contributed by atoms with Crippen LogP contribution in [0, 0.1) is 36.5 Å². The molecule has 1 saturated carbocycles. The third kappa shape index (κ3) is 11.8. The van der Waals surface area contributed by atoms with Crippen molar-refractivity contribution in [2.24, 2.45) is 17.8 Å². The number of carbonyl (C=O) groups is 3. The maximum atomic E-state index is 13.7. The molecule has 4 atom stereocenters. The maximum Gasteiger partial charge on any atom is 0.406 e. The number of aryl methyl sites for hydroxylation is 2. The summed E-state index contributed by atoms with van der Waals surface area (Å²) in [4.78, 5) is 47.9. The molecule has 5 heterocycles. The first-order chi connectivity index (χ1) is 35.8. The van der Waals surface area contributed by atoms with Crippen LogP contribution in [0.25, 0.3) is 21.1 Å². The number of piperidine rings is 2. The number of anilines is 4. The van der Waals surface area contributed by atoms with E-state index in [9.17, 15) is 27.6 Å². The number of alkyl halides is 3. The Balaban J connectivity index is 0.624. The zero-order chi connectivity index (χ0) is 51.3. The van der Waals surface area contributed by atoms with E-state index in [2.05, 4.69) is 71.8 Å². The van der Waals surface area contributed by atoms with E-state index in [0.29, 0.717) is 52.4 Å². The van der Waals surface area contributed by atoms with Crippen LogP contribution in [-0.4, -0.2) is 105 Å². The molecular formula is C56H63F3N10O4S. The number of nitrogens with zero attached hydrogens (tertiary/aromatic N) is 3. The fraction of sp³-hybridized carbons (Fsp3) is 0.429. The quantitative estimate of drug-likeness (QED) is 0.0377. The number of benzene rings is 3. The Morgan fingerprint density at radius 2 is 1.64 bits per heavy atom. The molecule has 3 fully saturated rings. The Morgan fingerprint density at radius 1 is 0.865 bits per heavy atom. The minimum absolute atomic E-state index is 0.0243. The number of nitrogens with one attached hydrogen (secondary N) is 6. The molecule has 74 heavy (non-hydrogen) atoms. The molecule has 2 saturated heterocycles. The highest BCUT2D eigenvalue weighted by Crippen LogP contribution is 2.44. The van der Waals surface area contributed by atoms with Crippen LogP contribution in [0.3, 0.4) is 0 Å². The summed E-state index contributed by atoms with van der Waals surface area (Å²) in [5.41, 5.74) is 14.3. The first-order valence-corrected chi connectivity index (χ1v) is 26.6. The molecule has 0 spiro atoms. The fourth-order valence-corrected chi connectivity index (χ4v) is 12.3. The Hall–Kier alpha value is -6.81. The van der Waals surface area contributed by atoms with Crippen LogP contribution in [0.2, 0.25) is 0 Å². The lowest BCUT2D eigenvalue weighted by Gasteiger charge is -2.39. The summed E-state index contributed by atoms with van der Waals surface area (Å²) >= 11 is 1.34. The Labute approximate surface area is 432 Å². The molecular weight excluding hydrogens is 966 g/mol. The second kappa shape index (κ2) is 22.3. The Morgan fingerprint density at radius 3 is 2.41 bits per heavy atom. The number of hydrogen-bond acceptors (Lipinski definition) is 11. The van der Waals surface area contributed by atoms with Crippen molar-refractivity contribution in [2.45, 2.75) is 76.7 Å². The van der Waals surface area contributed by atoms with E-state index in [1.807, 2.05) is 25.1 Å². The molecule has 0 radical (unpaired) electrons. The molecule has 388 valence electrons. The zero-order valence-electron chi connectivity index (χ0n) is 41.5. The number of thiophene rings is 1. The molecule has 2 aliphatic heterocycles. The molecule has 2 bridgehead atoms. The van der Waals surface area contributed by atoms with E-state index in [0.717, 1.165) is 92.7 Å². The van der Waals surface area contributed by atoms with Gasteiger partial charge in [0.05, 0.1) is 36.7 Å². The summed E-state index contributed by atoms with van der Waals surface area (Å²) in [7, 11) is 0. The first kappa shape index (κ1) is 50.7. The smallest absolute Gasteiger partial charge is 0.397 e. The summed E-state index contributed by atoms with van der Waals surface area (Å²) < 4.78 is 48.1. The Kier molecular flexibility index (Phi) is 15.3. The van der Waals surface area contributed by atoms with Crippen LogP contribution in [0.15, 0.2) is 78.9 Å². The average Bonchev–Trinajstić information content (AvgIpc) is 4.01. The van der Waals surface area contributed by atoms with Crippen LogP contribution in [-0.2, 0) is 28.9 Å². The molecule has 2 aliphatic carbocycles. The van der Waals surface area contributed by atoms with Gasteiger partial charge >= 0.3 is 6.18 Å². The van der Waals surface area contributed by atoms with Crippen molar-refractivity contribution in [2.75, 3.05) is 80.3 Å². The van der Waals surface area contributed by atoms with Gasteiger partial charge in [-0.05, 0) is 161 Å². The van der Waals surface area contributed by atoms with E-state index < -0.39 is 12.7 Å². The zero-order valence-corrected chi connectivity index (χ0v) is 42.3. The van der Waals surface area contributed by atoms with Gasteiger partial charge in [-0.2, -0.15) is 13.2 Å². The van der Waals surface area contributed by atoms with Gasteiger partial charge < -0.3 is 51.8 Å². The minimum Gasteiger partial charge on any atom is -0.397 e. The van der Waals surface area contributed by atoms with E-state index in [4.69, 9.17) is 10.5 Å². The molecule has 3 amide bonds. The number of carbonyl (C=O) groups excluding carboxylic acids is 3. The standard InChI is InChI=1S/C56H63F3N10O4S/c1-34-7-18-45-50(60)51(74-55(45)65-34)54(72)67-42-16-12-37-29-43(17-13-36(37)28-42)68-31-38-8-9-39(32-68)49(38)53(71)64-25-27-73-26-24-63-52(70)35-10-14-40(15-11-35)62-21-3-4-44-30-46-47(66-41-19-22-61-23-20-41)5-2-6-48(46)69(44)33-56(57,58)59/h2,5-7,10-11,13-15,17-18,29-30,38-39,41-42,49,61-62,66H,8-9,12,16,19-28,31-33,60H2,1H3,(H,63,70)(H,64,71)(H,67,72)/t38-,39+,42-,49?/m0/s1. The number of halogens is 3. The van der Waals surface area contributed by atoms with Gasteiger partial charge in [-0.3, -0.25) is 14.4 Å². The molecule has 6 aromatic rings. The number of ether oxygens (including phenoxy) is 1. The largest absolute Gasteiger partial charge is 0.406 e. The normalized spacial score (nSPS) is 19.6. The van der Waals surface area contributed by atoms with Gasteiger partial charge in [0.25, 0.3) is 11.8 Å². The van der Waals surface area contributed by atoms with Crippen LogP contribution >= 0.6 is 11.3 Å². The van der Waals surface area contributed by atoms with E-state index in [1.54, 1.807) is 42.5 Å². The SMILES string of the molecule is Cc1ccc2c(N)c(C(=O)N[C@H]3CCc4cc(N5C[C@H]6CC[C@@H](C5)C6C(=O)NCCOCCNC(=O)c5ccc(NCC#Cc6cc7c(NC8CCNCC8)cccc7n6CC(F)(F)F)cc5)ccc4C3)sc2n1. The van der Waals surface area contributed by atoms with E-state index in [1.165, 1.54) is 32.7 Å². The predicted octanol–water partition coefficient (Wildman–Crippen LogP) is 7.64. The third-order valence-electron chi connectivity index (χ3n) is 15.0. The van der Waals surface area contributed by atoms with Crippen LogP contribution in [0.4, 0.5) is 35.9 Å². The van der Waals surface area contributed by atoms with Crippen molar-refractivity contribution in [3.8, 4) is 11.8 Å². The minimum atomic E-state index is -4.42. The molecule has 14 nitrogen and oxygen atoms in total. The van der Waals surface area contributed by atoms with Crippen LogP contribution in [0.5, 0.6) is 0 Å². The molecule has 18 heteroatoms. The fourth-order valence-electron chi connectivity index (χ4n) is 11.3. The lowest BCUT2D eigenvalue weighted by molar-refractivity contribution is -0.140. The van der Waals surface area contributed by atoms with Gasteiger partial charge in [-0.25, -0.2) is 4.98 Å². The van der Waals surface area contributed by atoms with E-state index >= 15 is 0 Å². The molecule has 1 unspecified atom stereocenters. The number of hydrogen-bond donors (Lipinski definition) is 7. The number of amides is 3. The number of nitrogens with two attached hydrogens (primary N) is 1. The summed E-state index contributed by atoms with van der Waals surface area (Å²) in [5, 5.41) is 20.8. The highest BCUT2D eigenvalue weighted by molar-refractivity contribution is 7.21. The monoisotopic (exact) mass is 1030 g/mol. The third-order valence-corrected chi connectivity index (χ3v) is 16.1. The van der Waals surface area contributed by atoms with Crippen LogP contribution in [0.1, 0.15) is 74.6 Å². The predicted molar refractivity (Wildman–Crippen MR) is 286 cm³/mol. The molecule has 3 aromatic carbocycles. The van der Waals surface area contributed by atoms with Gasteiger partial charge in [-0.1, -0.05) is 18.1 Å².